The summed E-state index contributed by atoms with van der Waals surface area (Å²) in [5.41, 5.74) is 0.647. The molecule has 29 heavy (non-hydrogen) atoms. The van der Waals surface area contributed by atoms with Crippen molar-refractivity contribution in [1.29, 1.82) is 0 Å². The Bertz CT molecular complexity index is 766. The number of carbonyl (C=O) groups is 2. The van der Waals surface area contributed by atoms with E-state index in [9.17, 15) is 14.0 Å². The molecule has 2 heterocycles. The van der Waals surface area contributed by atoms with Gasteiger partial charge in [-0.05, 0) is 62.1 Å². The first kappa shape index (κ1) is 21.8. The number of amides is 2. The average Bonchev–Trinajstić information content (AvgIpc) is 3.24. The summed E-state index contributed by atoms with van der Waals surface area (Å²) in [4.78, 5) is 28.2. The van der Waals surface area contributed by atoms with Gasteiger partial charge in [-0.15, -0.1) is 0 Å². The Morgan fingerprint density at radius 3 is 2.76 bits per heavy atom. The van der Waals surface area contributed by atoms with Crippen molar-refractivity contribution in [3.63, 3.8) is 0 Å². The highest BCUT2D eigenvalue weighted by Gasteiger charge is 2.60. The molecule has 6 heteroatoms. The van der Waals surface area contributed by atoms with Crippen molar-refractivity contribution in [3.8, 4) is 0 Å². The maximum atomic E-state index is 13.9. The molecule has 1 aromatic carbocycles. The number of carbonyl (C=O) groups excluding carboxylic acids is 2. The Labute approximate surface area is 172 Å². The number of aryl methyl sites for hydroxylation is 1. The van der Waals surface area contributed by atoms with Gasteiger partial charge < -0.3 is 15.3 Å². The fourth-order valence-corrected chi connectivity index (χ4v) is 5.09. The lowest BCUT2D eigenvalue weighted by Gasteiger charge is -2.36. The van der Waals surface area contributed by atoms with E-state index in [0.29, 0.717) is 23.5 Å². The summed E-state index contributed by atoms with van der Waals surface area (Å²) in [6.45, 7) is 6.12. The molecule has 5 nitrogen and oxygen atoms in total. The van der Waals surface area contributed by atoms with E-state index in [2.05, 4.69) is 19.2 Å². The molecule has 0 aliphatic carbocycles. The molecule has 2 aliphatic rings. The number of halogens is 1. The van der Waals surface area contributed by atoms with Gasteiger partial charge in [0.15, 0.2) is 0 Å². The third kappa shape index (κ3) is 4.32. The van der Waals surface area contributed by atoms with Crippen LogP contribution in [0.1, 0.15) is 57.1 Å². The van der Waals surface area contributed by atoms with Gasteiger partial charge in [0.25, 0.3) is 0 Å². The van der Waals surface area contributed by atoms with E-state index in [-0.39, 0.29) is 49.3 Å². The predicted octanol–water partition coefficient (Wildman–Crippen LogP) is 2.97. The molecule has 0 spiro atoms. The van der Waals surface area contributed by atoms with Crippen LogP contribution >= 0.6 is 0 Å². The summed E-state index contributed by atoms with van der Waals surface area (Å²) in [5.74, 6) is 0.103. The monoisotopic (exact) mass is 404 g/mol. The minimum Gasteiger partial charge on any atom is -0.395 e. The highest BCUT2D eigenvalue weighted by molar-refractivity contribution is 5.87. The standard InChI is InChI=1S/C23H33FN2O3/c1-15(2)8-9-23(22(29)25-10-11-27)14-18-6-7-20(23)26(18)21(28)13-17-5-4-16(3)19(24)12-17/h4-5,12,15,18,20,27H,6-11,13-14H2,1-3H3,(H,25,29)/t18-,20+,23+/m1/s1. The van der Waals surface area contributed by atoms with Gasteiger partial charge in [0.2, 0.25) is 11.8 Å². The van der Waals surface area contributed by atoms with Crippen LogP contribution in [0.5, 0.6) is 0 Å². The van der Waals surface area contributed by atoms with Crippen LogP contribution < -0.4 is 5.32 Å². The second-order valence-corrected chi connectivity index (χ2v) is 9.08. The number of aliphatic hydroxyl groups is 1. The van der Waals surface area contributed by atoms with Crippen molar-refractivity contribution in [1.82, 2.24) is 10.2 Å². The molecule has 0 saturated carbocycles. The number of rotatable bonds is 8. The van der Waals surface area contributed by atoms with E-state index < -0.39 is 5.41 Å². The lowest BCUT2D eigenvalue weighted by atomic mass is 9.69. The van der Waals surface area contributed by atoms with Gasteiger partial charge in [0, 0.05) is 18.6 Å². The highest BCUT2D eigenvalue weighted by atomic mass is 19.1. The smallest absolute Gasteiger partial charge is 0.228 e. The maximum Gasteiger partial charge on any atom is 0.228 e. The zero-order chi connectivity index (χ0) is 21.2. The number of nitrogens with one attached hydrogen (secondary N) is 1. The molecule has 1 aromatic rings. The second kappa shape index (κ2) is 8.82. The molecule has 2 fully saturated rings. The van der Waals surface area contributed by atoms with Crippen LogP contribution in [0.3, 0.4) is 0 Å². The third-order valence-corrected chi connectivity index (χ3v) is 6.64. The van der Waals surface area contributed by atoms with E-state index in [1.165, 1.54) is 6.07 Å². The summed E-state index contributed by atoms with van der Waals surface area (Å²) in [5, 5.41) is 12.0. The summed E-state index contributed by atoms with van der Waals surface area (Å²) in [6, 6.07) is 4.88. The summed E-state index contributed by atoms with van der Waals surface area (Å²) < 4.78 is 13.9. The summed E-state index contributed by atoms with van der Waals surface area (Å²) >= 11 is 0. The molecule has 2 saturated heterocycles. The number of benzene rings is 1. The largest absolute Gasteiger partial charge is 0.395 e. The van der Waals surface area contributed by atoms with Gasteiger partial charge in [-0.3, -0.25) is 9.59 Å². The number of nitrogens with zero attached hydrogens (tertiary/aromatic N) is 1. The summed E-state index contributed by atoms with van der Waals surface area (Å²) in [7, 11) is 0. The Kier molecular flexibility index (Phi) is 6.62. The van der Waals surface area contributed by atoms with Crippen molar-refractivity contribution >= 4 is 11.8 Å². The van der Waals surface area contributed by atoms with Crippen LogP contribution in [0.2, 0.25) is 0 Å². The maximum absolute atomic E-state index is 13.9. The first-order valence-corrected chi connectivity index (χ1v) is 10.7. The number of hydrogen-bond donors (Lipinski definition) is 2. The molecular formula is C23H33FN2O3. The molecule has 0 aromatic heterocycles. The van der Waals surface area contributed by atoms with Crippen molar-refractivity contribution in [3.05, 3.63) is 35.1 Å². The van der Waals surface area contributed by atoms with Crippen LogP contribution in [0, 0.1) is 24.1 Å². The van der Waals surface area contributed by atoms with Crippen molar-refractivity contribution in [2.75, 3.05) is 13.2 Å². The van der Waals surface area contributed by atoms with E-state index in [1.54, 1.807) is 19.1 Å². The molecule has 2 bridgehead atoms. The molecule has 2 amide bonds. The zero-order valence-electron chi connectivity index (χ0n) is 17.7. The lowest BCUT2D eigenvalue weighted by molar-refractivity contribution is -0.137. The Balaban J connectivity index is 1.80. The van der Waals surface area contributed by atoms with E-state index in [4.69, 9.17) is 5.11 Å². The van der Waals surface area contributed by atoms with Crippen molar-refractivity contribution < 1.29 is 19.1 Å². The first-order valence-electron chi connectivity index (χ1n) is 10.7. The van der Waals surface area contributed by atoms with Crippen molar-refractivity contribution in [2.45, 2.75) is 71.4 Å². The minimum absolute atomic E-state index is 0.0258. The SMILES string of the molecule is Cc1ccc(CC(=O)N2[C@@H]3CC[C@H]2[C@@](CCC(C)C)(C(=O)NCCO)C3)cc1F. The molecule has 0 unspecified atom stereocenters. The van der Waals surface area contributed by atoms with Crippen molar-refractivity contribution in [2.24, 2.45) is 11.3 Å². The lowest BCUT2D eigenvalue weighted by Crippen LogP contribution is -2.50. The molecule has 160 valence electrons. The van der Waals surface area contributed by atoms with Crippen LogP contribution in [-0.2, 0) is 16.0 Å². The molecule has 3 rings (SSSR count). The van der Waals surface area contributed by atoms with Crippen LogP contribution in [0.4, 0.5) is 4.39 Å². The van der Waals surface area contributed by atoms with E-state index >= 15 is 0 Å². The van der Waals surface area contributed by atoms with Gasteiger partial charge in [-0.2, -0.15) is 0 Å². The molecule has 2 N–H and O–H groups in total. The Morgan fingerprint density at radius 2 is 2.10 bits per heavy atom. The van der Waals surface area contributed by atoms with E-state index in [1.807, 2.05) is 4.90 Å². The third-order valence-electron chi connectivity index (χ3n) is 6.64. The van der Waals surface area contributed by atoms with Gasteiger partial charge >= 0.3 is 0 Å². The zero-order valence-corrected chi connectivity index (χ0v) is 17.7. The predicted molar refractivity (Wildman–Crippen MR) is 110 cm³/mol. The average molecular weight is 405 g/mol. The Morgan fingerprint density at radius 1 is 1.34 bits per heavy atom. The quantitative estimate of drug-likeness (QED) is 0.700. The summed E-state index contributed by atoms with van der Waals surface area (Å²) in [6.07, 6.45) is 4.23. The van der Waals surface area contributed by atoms with Gasteiger partial charge in [-0.1, -0.05) is 26.0 Å². The van der Waals surface area contributed by atoms with Gasteiger partial charge in [0.1, 0.15) is 5.82 Å². The molecule has 3 atom stereocenters. The fourth-order valence-electron chi connectivity index (χ4n) is 5.09. The molecular weight excluding hydrogens is 371 g/mol. The van der Waals surface area contributed by atoms with Crippen LogP contribution in [-0.4, -0.2) is 47.1 Å². The highest BCUT2D eigenvalue weighted by Crippen LogP contribution is 2.53. The van der Waals surface area contributed by atoms with Gasteiger partial charge in [-0.25, -0.2) is 4.39 Å². The first-order chi connectivity index (χ1) is 13.8. The minimum atomic E-state index is -0.587. The van der Waals surface area contributed by atoms with E-state index in [0.717, 1.165) is 25.7 Å². The fraction of sp³-hybridized carbons (Fsp3) is 0.652. The normalized spacial score (nSPS) is 25.7. The van der Waals surface area contributed by atoms with Crippen LogP contribution in [0.25, 0.3) is 0 Å². The molecule has 0 radical (unpaired) electrons. The van der Waals surface area contributed by atoms with Gasteiger partial charge in [0.05, 0.1) is 18.4 Å². The molecule has 2 aliphatic heterocycles. The number of aliphatic hydroxyl groups excluding tert-OH is 1. The van der Waals surface area contributed by atoms with Crippen LogP contribution in [0.15, 0.2) is 18.2 Å². The number of fused-ring (bicyclic) bond motifs is 2. The number of hydrogen-bond acceptors (Lipinski definition) is 3. The second-order valence-electron chi connectivity index (χ2n) is 9.08. The Hall–Kier alpha value is -1.95. The topological polar surface area (TPSA) is 69.6 Å².